The second-order valence-electron chi connectivity index (χ2n) is 4.93. The van der Waals surface area contributed by atoms with E-state index in [1.807, 2.05) is 18.2 Å². The van der Waals surface area contributed by atoms with Gasteiger partial charge in [0.25, 0.3) is 0 Å². The SMILES string of the molecule is COc1cccc(CCCNC(=S)Nc2ccc(OC)nc2)c1. The van der Waals surface area contributed by atoms with Crippen LogP contribution < -0.4 is 20.1 Å². The van der Waals surface area contributed by atoms with Crippen molar-refractivity contribution in [2.75, 3.05) is 26.1 Å². The summed E-state index contributed by atoms with van der Waals surface area (Å²) in [5.41, 5.74) is 2.08. The number of ether oxygens (including phenoxy) is 2. The van der Waals surface area contributed by atoms with Crippen molar-refractivity contribution in [3.8, 4) is 11.6 Å². The normalized spacial score (nSPS) is 10.0. The van der Waals surface area contributed by atoms with Gasteiger partial charge in [-0.15, -0.1) is 0 Å². The second kappa shape index (κ2) is 8.95. The second-order valence-corrected chi connectivity index (χ2v) is 5.33. The summed E-state index contributed by atoms with van der Waals surface area (Å²) < 4.78 is 10.2. The Morgan fingerprint density at radius 1 is 1.17 bits per heavy atom. The number of nitrogens with one attached hydrogen (secondary N) is 2. The maximum absolute atomic E-state index is 5.27. The summed E-state index contributed by atoms with van der Waals surface area (Å²) in [7, 11) is 3.27. The van der Waals surface area contributed by atoms with Crippen LogP contribution in [0.15, 0.2) is 42.6 Å². The Bertz CT molecular complexity index is 632. The van der Waals surface area contributed by atoms with Crippen LogP contribution in [0.4, 0.5) is 5.69 Å². The quantitative estimate of drug-likeness (QED) is 0.601. The first-order chi connectivity index (χ1) is 11.2. The first-order valence-electron chi connectivity index (χ1n) is 7.39. The maximum Gasteiger partial charge on any atom is 0.213 e. The predicted octanol–water partition coefficient (Wildman–Crippen LogP) is 3.02. The maximum atomic E-state index is 5.27. The largest absolute Gasteiger partial charge is 0.497 e. The van der Waals surface area contributed by atoms with E-state index in [-0.39, 0.29) is 0 Å². The molecule has 0 radical (unpaired) electrons. The third-order valence-electron chi connectivity index (χ3n) is 3.27. The molecule has 0 spiro atoms. The van der Waals surface area contributed by atoms with Crippen molar-refractivity contribution >= 4 is 23.0 Å². The Kier molecular flexibility index (Phi) is 6.62. The Balaban J connectivity index is 1.69. The molecule has 0 bridgehead atoms. The van der Waals surface area contributed by atoms with E-state index in [9.17, 15) is 0 Å². The number of rotatable bonds is 7. The van der Waals surface area contributed by atoms with Crippen molar-refractivity contribution < 1.29 is 9.47 Å². The Hall–Kier alpha value is -2.34. The molecule has 122 valence electrons. The first-order valence-corrected chi connectivity index (χ1v) is 7.80. The standard InChI is InChI=1S/C17H21N3O2S/c1-21-15-7-3-5-13(11-15)6-4-10-18-17(23)20-14-8-9-16(22-2)19-12-14/h3,5,7-9,11-12H,4,6,10H2,1-2H3,(H2,18,20,23). The zero-order valence-corrected chi connectivity index (χ0v) is 14.2. The summed E-state index contributed by atoms with van der Waals surface area (Å²) in [6.07, 6.45) is 3.63. The molecule has 2 aromatic rings. The molecule has 0 atom stereocenters. The number of benzene rings is 1. The monoisotopic (exact) mass is 331 g/mol. The molecule has 0 saturated carbocycles. The Labute approximate surface area is 142 Å². The van der Waals surface area contributed by atoms with Gasteiger partial charge in [-0.3, -0.25) is 0 Å². The van der Waals surface area contributed by atoms with Crippen molar-refractivity contribution in [3.63, 3.8) is 0 Å². The number of aromatic nitrogens is 1. The summed E-state index contributed by atoms with van der Waals surface area (Å²) in [5.74, 6) is 1.47. The van der Waals surface area contributed by atoms with E-state index in [4.69, 9.17) is 21.7 Å². The van der Waals surface area contributed by atoms with Crippen LogP contribution in [0.5, 0.6) is 11.6 Å². The minimum absolute atomic E-state index is 0.577. The van der Waals surface area contributed by atoms with E-state index in [1.165, 1.54) is 5.56 Å². The topological polar surface area (TPSA) is 55.4 Å². The zero-order chi connectivity index (χ0) is 16.5. The summed E-state index contributed by atoms with van der Waals surface area (Å²) >= 11 is 5.27. The molecule has 0 saturated heterocycles. The zero-order valence-electron chi connectivity index (χ0n) is 13.3. The number of hydrogen-bond acceptors (Lipinski definition) is 4. The molecule has 1 aromatic carbocycles. The molecule has 2 rings (SSSR count). The van der Waals surface area contributed by atoms with Gasteiger partial charge in [0.05, 0.1) is 26.1 Å². The summed E-state index contributed by atoms with van der Waals surface area (Å²) in [6, 6.07) is 11.8. The van der Waals surface area contributed by atoms with Crippen molar-refractivity contribution in [2.45, 2.75) is 12.8 Å². The molecule has 1 heterocycles. The number of thiocarbonyl (C=S) groups is 1. The lowest BCUT2D eigenvalue weighted by atomic mass is 10.1. The van der Waals surface area contributed by atoms with Crippen molar-refractivity contribution in [2.24, 2.45) is 0 Å². The van der Waals surface area contributed by atoms with Crippen LogP contribution in [-0.4, -0.2) is 30.9 Å². The first kappa shape index (κ1) is 17.0. The van der Waals surface area contributed by atoms with Crippen LogP contribution in [0, 0.1) is 0 Å². The Morgan fingerprint density at radius 3 is 2.74 bits per heavy atom. The minimum atomic E-state index is 0.577. The van der Waals surface area contributed by atoms with E-state index in [0.29, 0.717) is 11.0 Å². The molecule has 5 nitrogen and oxygen atoms in total. The van der Waals surface area contributed by atoms with Gasteiger partial charge in [0.15, 0.2) is 5.11 Å². The van der Waals surface area contributed by atoms with Gasteiger partial charge in [-0.2, -0.15) is 0 Å². The molecule has 2 N–H and O–H groups in total. The summed E-state index contributed by atoms with van der Waals surface area (Å²) in [4.78, 5) is 4.12. The highest BCUT2D eigenvalue weighted by molar-refractivity contribution is 7.80. The highest BCUT2D eigenvalue weighted by Crippen LogP contribution is 2.14. The molecule has 0 fully saturated rings. The highest BCUT2D eigenvalue weighted by atomic mass is 32.1. The lowest BCUT2D eigenvalue weighted by molar-refractivity contribution is 0.398. The molecule has 0 aliphatic carbocycles. The van der Waals surface area contributed by atoms with E-state index < -0.39 is 0 Å². The van der Waals surface area contributed by atoms with Crippen LogP contribution in [0.2, 0.25) is 0 Å². The van der Waals surface area contributed by atoms with Gasteiger partial charge in [-0.1, -0.05) is 12.1 Å². The number of anilines is 1. The predicted molar refractivity (Wildman–Crippen MR) is 96.3 cm³/mol. The van der Waals surface area contributed by atoms with Crippen molar-refractivity contribution in [1.82, 2.24) is 10.3 Å². The number of nitrogens with zero attached hydrogens (tertiary/aromatic N) is 1. The lowest BCUT2D eigenvalue weighted by Crippen LogP contribution is -2.29. The van der Waals surface area contributed by atoms with Gasteiger partial charge in [0.1, 0.15) is 5.75 Å². The fourth-order valence-electron chi connectivity index (χ4n) is 2.07. The third-order valence-corrected chi connectivity index (χ3v) is 3.51. The van der Waals surface area contributed by atoms with Crippen LogP contribution >= 0.6 is 12.2 Å². The Morgan fingerprint density at radius 2 is 2.04 bits per heavy atom. The van der Waals surface area contributed by atoms with Gasteiger partial charge in [0.2, 0.25) is 5.88 Å². The fourth-order valence-corrected chi connectivity index (χ4v) is 2.29. The van der Waals surface area contributed by atoms with Crippen LogP contribution in [0.25, 0.3) is 0 Å². The summed E-state index contributed by atoms with van der Waals surface area (Å²) in [5, 5.41) is 6.87. The van der Waals surface area contributed by atoms with Crippen LogP contribution in [-0.2, 0) is 6.42 Å². The average molecular weight is 331 g/mol. The number of methoxy groups -OCH3 is 2. The van der Waals surface area contributed by atoms with Crippen LogP contribution in [0.1, 0.15) is 12.0 Å². The smallest absolute Gasteiger partial charge is 0.213 e. The molecule has 0 unspecified atom stereocenters. The highest BCUT2D eigenvalue weighted by Gasteiger charge is 2.00. The third kappa shape index (κ3) is 5.75. The van der Waals surface area contributed by atoms with Gasteiger partial charge in [-0.25, -0.2) is 4.98 Å². The summed E-state index contributed by atoms with van der Waals surface area (Å²) in [6.45, 7) is 0.798. The molecule has 0 amide bonds. The number of hydrogen-bond donors (Lipinski definition) is 2. The van der Waals surface area contributed by atoms with Gasteiger partial charge < -0.3 is 20.1 Å². The van der Waals surface area contributed by atoms with E-state index in [1.54, 1.807) is 26.5 Å². The lowest BCUT2D eigenvalue weighted by Gasteiger charge is -2.10. The fraction of sp³-hybridized carbons (Fsp3) is 0.294. The van der Waals surface area contributed by atoms with E-state index in [2.05, 4.69) is 27.8 Å². The molecular formula is C17H21N3O2S. The number of aryl methyl sites for hydroxylation is 1. The molecule has 0 aliphatic heterocycles. The minimum Gasteiger partial charge on any atom is -0.497 e. The molecular weight excluding hydrogens is 310 g/mol. The molecule has 1 aromatic heterocycles. The average Bonchev–Trinajstić information content (AvgIpc) is 2.59. The van der Waals surface area contributed by atoms with Gasteiger partial charge in [0, 0.05) is 12.6 Å². The van der Waals surface area contributed by atoms with E-state index in [0.717, 1.165) is 30.8 Å². The van der Waals surface area contributed by atoms with Crippen molar-refractivity contribution in [1.29, 1.82) is 0 Å². The molecule has 0 aliphatic rings. The van der Waals surface area contributed by atoms with Crippen LogP contribution in [0.3, 0.4) is 0 Å². The molecule has 6 heteroatoms. The number of pyridine rings is 1. The molecule has 23 heavy (non-hydrogen) atoms. The van der Waals surface area contributed by atoms with Gasteiger partial charge in [-0.05, 0) is 48.8 Å². The van der Waals surface area contributed by atoms with Gasteiger partial charge >= 0.3 is 0 Å². The van der Waals surface area contributed by atoms with E-state index >= 15 is 0 Å². The van der Waals surface area contributed by atoms with Crippen molar-refractivity contribution in [3.05, 3.63) is 48.2 Å².